The second-order valence-electron chi connectivity index (χ2n) is 5.48. The van der Waals surface area contributed by atoms with Crippen LogP contribution in [0.15, 0.2) is 12.4 Å². The Morgan fingerprint density at radius 3 is 2.82 bits per heavy atom. The van der Waals surface area contributed by atoms with E-state index in [-0.39, 0.29) is 0 Å². The van der Waals surface area contributed by atoms with Crippen LogP contribution in [0.4, 0.5) is 0 Å². The Labute approximate surface area is 103 Å². The van der Waals surface area contributed by atoms with Gasteiger partial charge in [0.1, 0.15) is 0 Å². The molecule has 0 spiro atoms. The van der Waals surface area contributed by atoms with E-state index >= 15 is 0 Å². The average molecular weight is 234 g/mol. The van der Waals surface area contributed by atoms with Crippen LogP contribution >= 0.6 is 0 Å². The molecule has 1 aromatic heterocycles. The highest BCUT2D eigenvalue weighted by molar-refractivity contribution is 4.99. The van der Waals surface area contributed by atoms with E-state index in [9.17, 15) is 0 Å². The van der Waals surface area contributed by atoms with Crippen LogP contribution in [0, 0.1) is 12.8 Å². The number of piperidine rings is 3. The summed E-state index contributed by atoms with van der Waals surface area (Å²) >= 11 is 0. The van der Waals surface area contributed by atoms with Crippen LogP contribution in [0.5, 0.6) is 0 Å². The molecule has 2 bridgehead atoms. The van der Waals surface area contributed by atoms with Crippen LogP contribution in [0.25, 0.3) is 0 Å². The molecule has 0 radical (unpaired) electrons. The molecular formula is C13H22N4. The molecular weight excluding hydrogens is 212 g/mol. The van der Waals surface area contributed by atoms with Crippen LogP contribution in [0.2, 0.25) is 0 Å². The summed E-state index contributed by atoms with van der Waals surface area (Å²) in [7, 11) is 0. The smallest absolute Gasteiger partial charge is 0.0534 e. The Bertz CT molecular complexity index is 365. The third-order valence-electron chi connectivity index (χ3n) is 4.17. The summed E-state index contributed by atoms with van der Waals surface area (Å²) in [6.07, 6.45) is 6.81. The minimum Gasteiger partial charge on any atom is -0.311 e. The lowest BCUT2D eigenvalue weighted by atomic mass is 9.84. The molecule has 1 aromatic rings. The highest BCUT2D eigenvalue weighted by atomic mass is 15.3. The van der Waals surface area contributed by atoms with E-state index in [2.05, 4.69) is 28.4 Å². The maximum Gasteiger partial charge on any atom is 0.0534 e. The van der Waals surface area contributed by atoms with Gasteiger partial charge in [-0.25, -0.2) is 0 Å². The molecule has 4 nitrogen and oxygen atoms in total. The van der Waals surface area contributed by atoms with E-state index in [0.29, 0.717) is 6.04 Å². The molecule has 3 saturated heterocycles. The van der Waals surface area contributed by atoms with E-state index in [0.717, 1.165) is 19.0 Å². The van der Waals surface area contributed by atoms with Crippen LogP contribution in [-0.4, -0.2) is 46.9 Å². The van der Waals surface area contributed by atoms with Gasteiger partial charge in [-0.2, -0.15) is 5.10 Å². The van der Waals surface area contributed by atoms with Gasteiger partial charge in [0, 0.05) is 25.3 Å². The molecule has 0 saturated carbocycles. The highest BCUT2D eigenvalue weighted by Crippen LogP contribution is 2.27. The van der Waals surface area contributed by atoms with E-state index in [4.69, 9.17) is 0 Å². The molecule has 4 heteroatoms. The van der Waals surface area contributed by atoms with Gasteiger partial charge in [-0.15, -0.1) is 0 Å². The molecule has 1 unspecified atom stereocenters. The first-order valence-corrected chi connectivity index (χ1v) is 6.76. The lowest BCUT2D eigenvalue weighted by Crippen LogP contribution is -2.56. The predicted octanol–water partition coefficient (Wildman–Crippen LogP) is 0.875. The Hall–Kier alpha value is -0.870. The molecule has 0 aromatic carbocycles. The summed E-state index contributed by atoms with van der Waals surface area (Å²) in [4.78, 5) is 2.59. The van der Waals surface area contributed by atoms with Gasteiger partial charge in [-0.3, -0.25) is 4.68 Å². The molecule has 94 valence electrons. The first-order chi connectivity index (χ1) is 8.31. The number of aryl methyl sites for hydroxylation is 1. The van der Waals surface area contributed by atoms with Gasteiger partial charge in [0.05, 0.1) is 12.7 Å². The molecule has 3 aliphatic heterocycles. The summed E-state index contributed by atoms with van der Waals surface area (Å²) in [5.41, 5.74) is 1.24. The monoisotopic (exact) mass is 234 g/mol. The number of aromatic nitrogens is 2. The SMILES string of the molecule is Cc1cnn(CCNC2CN3CCC2CC3)c1. The van der Waals surface area contributed by atoms with Crippen molar-refractivity contribution in [2.75, 3.05) is 26.2 Å². The molecule has 1 N–H and O–H groups in total. The fourth-order valence-corrected chi connectivity index (χ4v) is 3.15. The highest BCUT2D eigenvalue weighted by Gasteiger charge is 2.33. The summed E-state index contributed by atoms with van der Waals surface area (Å²) in [5.74, 6) is 0.916. The zero-order valence-corrected chi connectivity index (χ0v) is 10.6. The van der Waals surface area contributed by atoms with Crippen molar-refractivity contribution in [1.82, 2.24) is 20.0 Å². The van der Waals surface area contributed by atoms with E-state index < -0.39 is 0 Å². The Morgan fingerprint density at radius 1 is 1.41 bits per heavy atom. The Kier molecular flexibility index (Phi) is 3.16. The predicted molar refractivity (Wildman–Crippen MR) is 67.9 cm³/mol. The van der Waals surface area contributed by atoms with Gasteiger partial charge < -0.3 is 10.2 Å². The maximum absolute atomic E-state index is 4.31. The number of rotatable bonds is 4. The number of nitrogens with zero attached hydrogens (tertiary/aromatic N) is 3. The van der Waals surface area contributed by atoms with Crippen molar-refractivity contribution in [3.8, 4) is 0 Å². The molecule has 4 rings (SSSR count). The Balaban J connectivity index is 1.45. The molecule has 17 heavy (non-hydrogen) atoms. The van der Waals surface area contributed by atoms with Crippen LogP contribution in [0.1, 0.15) is 18.4 Å². The van der Waals surface area contributed by atoms with Crippen molar-refractivity contribution in [1.29, 1.82) is 0 Å². The summed E-state index contributed by atoms with van der Waals surface area (Å²) in [6, 6.07) is 0.717. The van der Waals surface area contributed by atoms with Crippen molar-refractivity contribution >= 4 is 0 Å². The van der Waals surface area contributed by atoms with Gasteiger partial charge in [-0.05, 0) is 44.3 Å². The lowest BCUT2D eigenvalue weighted by molar-refractivity contribution is 0.0724. The standard InChI is InChI=1S/C13H22N4/c1-11-8-15-17(9-11)7-4-14-13-10-16-5-2-12(13)3-6-16/h8-9,12-14H,2-7,10H2,1H3. The Morgan fingerprint density at radius 2 is 2.24 bits per heavy atom. The number of hydrogen-bond acceptors (Lipinski definition) is 3. The van der Waals surface area contributed by atoms with Gasteiger partial charge in [0.15, 0.2) is 0 Å². The molecule has 0 amide bonds. The largest absolute Gasteiger partial charge is 0.311 e. The molecule has 3 aliphatic rings. The van der Waals surface area contributed by atoms with E-state index in [1.165, 1.54) is 38.0 Å². The summed E-state index contributed by atoms with van der Waals surface area (Å²) in [6.45, 7) is 8.00. The quantitative estimate of drug-likeness (QED) is 0.839. The van der Waals surface area contributed by atoms with Crippen LogP contribution in [0.3, 0.4) is 0 Å². The molecule has 3 fully saturated rings. The third-order valence-corrected chi connectivity index (χ3v) is 4.17. The average Bonchev–Trinajstić information content (AvgIpc) is 2.77. The summed E-state index contributed by atoms with van der Waals surface area (Å²) < 4.78 is 2.03. The van der Waals surface area contributed by atoms with Crippen molar-refractivity contribution in [2.45, 2.75) is 32.4 Å². The minimum absolute atomic E-state index is 0.717. The second kappa shape index (κ2) is 4.78. The van der Waals surface area contributed by atoms with Crippen molar-refractivity contribution in [2.24, 2.45) is 5.92 Å². The maximum atomic E-state index is 4.31. The minimum atomic E-state index is 0.717. The number of hydrogen-bond donors (Lipinski definition) is 1. The summed E-state index contributed by atoms with van der Waals surface area (Å²) in [5, 5.41) is 8.02. The third kappa shape index (κ3) is 2.53. The van der Waals surface area contributed by atoms with Gasteiger partial charge >= 0.3 is 0 Å². The topological polar surface area (TPSA) is 33.1 Å². The number of nitrogens with one attached hydrogen (secondary N) is 1. The lowest BCUT2D eigenvalue weighted by Gasteiger charge is -2.45. The molecule has 1 atom stereocenters. The zero-order valence-electron chi connectivity index (χ0n) is 10.6. The van der Waals surface area contributed by atoms with Gasteiger partial charge in [0.25, 0.3) is 0 Å². The fraction of sp³-hybridized carbons (Fsp3) is 0.769. The second-order valence-corrected chi connectivity index (χ2v) is 5.48. The van der Waals surface area contributed by atoms with Crippen LogP contribution < -0.4 is 5.32 Å². The first-order valence-electron chi connectivity index (χ1n) is 6.76. The van der Waals surface area contributed by atoms with E-state index in [1.54, 1.807) is 0 Å². The normalized spacial score (nSPS) is 31.9. The van der Waals surface area contributed by atoms with Gasteiger partial charge in [-0.1, -0.05) is 0 Å². The fourth-order valence-electron chi connectivity index (χ4n) is 3.15. The molecule has 4 heterocycles. The number of fused-ring (bicyclic) bond motifs is 3. The van der Waals surface area contributed by atoms with Crippen molar-refractivity contribution < 1.29 is 0 Å². The molecule has 0 aliphatic carbocycles. The van der Waals surface area contributed by atoms with Gasteiger partial charge in [0.2, 0.25) is 0 Å². The van der Waals surface area contributed by atoms with Crippen molar-refractivity contribution in [3.05, 3.63) is 18.0 Å². The van der Waals surface area contributed by atoms with Crippen LogP contribution in [-0.2, 0) is 6.54 Å². The first kappa shape index (κ1) is 11.2. The van der Waals surface area contributed by atoms with Crippen molar-refractivity contribution in [3.63, 3.8) is 0 Å². The van der Waals surface area contributed by atoms with E-state index in [1.807, 2.05) is 10.9 Å². The zero-order chi connectivity index (χ0) is 11.7.